The summed E-state index contributed by atoms with van der Waals surface area (Å²) in [6.07, 6.45) is 0. The predicted molar refractivity (Wildman–Crippen MR) is 63.4 cm³/mol. The second-order valence-electron chi connectivity index (χ2n) is 4.25. The fourth-order valence-corrected chi connectivity index (χ4v) is 3.49. The molecule has 5 nitrogen and oxygen atoms in total. The minimum Gasteiger partial charge on any atom is -0.480 e. The third-order valence-corrected chi connectivity index (χ3v) is 4.27. The zero-order valence-electron chi connectivity index (χ0n) is 9.73. The van der Waals surface area contributed by atoms with Gasteiger partial charge in [0.1, 0.15) is 17.6 Å². The first kappa shape index (κ1) is 12.3. The molecule has 1 aliphatic rings. The van der Waals surface area contributed by atoms with E-state index in [4.69, 9.17) is 9.52 Å². The standard InChI is InChI=1S/C11H15NO4S/c1-6-3-8(7(2)16-6)9-4-17(15)5-10(12-9)11(13)14/h3,9-10,12H,4-5H2,1-2H3,(H,13,14). The van der Waals surface area contributed by atoms with Gasteiger partial charge >= 0.3 is 5.97 Å². The summed E-state index contributed by atoms with van der Waals surface area (Å²) in [6.45, 7) is 3.67. The van der Waals surface area contributed by atoms with E-state index in [0.717, 1.165) is 17.1 Å². The molecule has 1 aromatic rings. The van der Waals surface area contributed by atoms with Gasteiger partial charge in [-0.05, 0) is 19.9 Å². The van der Waals surface area contributed by atoms with Crippen LogP contribution < -0.4 is 5.32 Å². The lowest BCUT2D eigenvalue weighted by molar-refractivity contribution is -0.139. The van der Waals surface area contributed by atoms with E-state index in [9.17, 15) is 9.00 Å². The van der Waals surface area contributed by atoms with Crippen molar-refractivity contribution in [2.75, 3.05) is 11.5 Å². The van der Waals surface area contributed by atoms with E-state index < -0.39 is 22.8 Å². The van der Waals surface area contributed by atoms with E-state index in [1.807, 2.05) is 19.9 Å². The van der Waals surface area contributed by atoms with Crippen molar-refractivity contribution in [3.63, 3.8) is 0 Å². The van der Waals surface area contributed by atoms with Crippen LogP contribution in [0.15, 0.2) is 10.5 Å². The molecule has 0 aliphatic carbocycles. The number of rotatable bonds is 2. The molecule has 1 fully saturated rings. The van der Waals surface area contributed by atoms with Gasteiger partial charge in [-0.15, -0.1) is 0 Å². The lowest BCUT2D eigenvalue weighted by atomic mass is 10.1. The Labute approximate surface area is 102 Å². The highest BCUT2D eigenvalue weighted by molar-refractivity contribution is 7.85. The Morgan fingerprint density at radius 3 is 2.76 bits per heavy atom. The summed E-state index contributed by atoms with van der Waals surface area (Å²) < 4.78 is 17.1. The number of hydrogen-bond acceptors (Lipinski definition) is 4. The Morgan fingerprint density at radius 2 is 2.24 bits per heavy atom. The third-order valence-electron chi connectivity index (χ3n) is 2.86. The maximum Gasteiger partial charge on any atom is 0.321 e. The summed E-state index contributed by atoms with van der Waals surface area (Å²) in [5, 5.41) is 12.0. The largest absolute Gasteiger partial charge is 0.480 e. The van der Waals surface area contributed by atoms with Crippen LogP contribution in [0, 0.1) is 13.8 Å². The van der Waals surface area contributed by atoms with E-state index >= 15 is 0 Å². The average Bonchev–Trinajstić information content (AvgIpc) is 2.57. The molecule has 94 valence electrons. The number of aryl methyl sites for hydroxylation is 2. The van der Waals surface area contributed by atoms with Gasteiger partial charge in [-0.25, -0.2) is 0 Å². The van der Waals surface area contributed by atoms with Crippen LogP contribution in [0.4, 0.5) is 0 Å². The zero-order chi connectivity index (χ0) is 12.6. The fraction of sp³-hybridized carbons (Fsp3) is 0.545. The number of aliphatic carboxylic acids is 1. The highest BCUT2D eigenvalue weighted by Gasteiger charge is 2.32. The molecule has 3 unspecified atom stereocenters. The topological polar surface area (TPSA) is 79.5 Å². The van der Waals surface area contributed by atoms with Crippen LogP contribution in [-0.4, -0.2) is 32.8 Å². The maximum absolute atomic E-state index is 11.7. The molecule has 2 heterocycles. The minimum atomic E-state index is -1.11. The summed E-state index contributed by atoms with van der Waals surface area (Å²) in [4.78, 5) is 10.9. The van der Waals surface area contributed by atoms with Gasteiger partial charge in [-0.2, -0.15) is 0 Å². The van der Waals surface area contributed by atoms with Crippen LogP contribution in [0.5, 0.6) is 0 Å². The number of nitrogens with one attached hydrogen (secondary N) is 1. The van der Waals surface area contributed by atoms with Crippen molar-refractivity contribution in [1.29, 1.82) is 0 Å². The quantitative estimate of drug-likeness (QED) is 0.817. The van der Waals surface area contributed by atoms with Crippen LogP contribution in [0.1, 0.15) is 23.1 Å². The summed E-state index contributed by atoms with van der Waals surface area (Å²) in [6, 6.07) is 0.918. The summed E-state index contributed by atoms with van der Waals surface area (Å²) in [7, 11) is -1.11. The third kappa shape index (κ3) is 2.58. The van der Waals surface area contributed by atoms with Gasteiger partial charge < -0.3 is 9.52 Å². The van der Waals surface area contributed by atoms with Crippen molar-refractivity contribution >= 4 is 16.8 Å². The van der Waals surface area contributed by atoms with Crippen LogP contribution >= 0.6 is 0 Å². The van der Waals surface area contributed by atoms with Crippen molar-refractivity contribution in [2.45, 2.75) is 25.9 Å². The Bertz CT molecular complexity index is 468. The van der Waals surface area contributed by atoms with E-state index in [0.29, 0.717) is 5.75 Å². The Balaban J connectivity index is 2.24. The number of carboxylic acids is 1. The monoisotopic (exact) mass is 257 g/mol. The van der Waals surface area contributed by atoms with Crippen LogP contribution in [0.2, 0.25) is 0 Å². The van der Waals surface area contributed by atoms with Crippen molar-refractivity contribution in [1.82, 2.24) is 5.32 Å². The summed E-state index contributed by atoms with van der Waals surface area (Å²) in [5.74, 6) is 1.18. The molecule has 0 spiro atoms. The molecular formula is C11H15NO4S. The molecule has 17 heavy (non-hydrogen) atoms. The number of furan rings is 1. The molecule has 3 atom stereocenters. The molecule has 6 heteroatoms. The Hall–Kier alpha value is -1.14. The maximum atomic E-state index is 11.7. The minimum absolute atomic E-state index is 0.168. The Kier molecular flexibility index (Phi) is 3.35. The van der Waals surface area contributed by atoms with Gasteiger partial charge in [0.25, 0.3) is 0 Å². The first-order chi connectivity index (χ1) is 7.97. The highest BCUT2D eigenvalue weighted by atomic mass is 32.2. The van der Waals surface area contributed by atoms with Gasteiger partial charge in [0, 0.05) is 33.9 Å². The SMILES string of the molecule is Cc1cc(C2CS(=O)CC(C(=O)O)N2)c(C)o1. The molecule has 1 aromatic heterocycles. The van der Waals surface area contributed by atoms with Crippen molar-refractivity contribution < 1.29 is 18.5 Å². The van der Waals surface area contributed by atoms with Gasteiger partial charge in [0.05, 0.1) is 0 Å². The fourth-order valence-electron chi connectivity index (χ4n) is 2.10. The lowest BCUT2D eigenvalue weighted by Crippen LogP contribution is -2.49. The van der Waals surface area contributed by atoms with Crippen LogP contribution in [-0.2, 0) is 15.6 Å². The van der Waals surface area contributed by atoms with Gasteiger partial charge in [-0.1, -0.05) is 0 Å². The van der Waals surface area contributed by atoms with E-state index in [-0.39, 0.29) is 11.8 Å². The molecule has 0 radical (unpaired) electrons. The number of hydrogen-bond donors (Lipinski definition) is 2. The first-order valence-corrected chi connectivity index (χ1v) is 6.87. The second kappa shape index (κ2) is 4.62. The predicted octanol–water partition coefficient (Wildman–Crippen LogP) is 0.743. The normalized spacial score (nSPS) is 29.2. The molecule has 1 aliphatic heterocycles. The molecule has 0 aromatic carbocycles. The smallest absolute Gasteiger partial charge is 0.321 e. The lowest BCUT2D eigenvalue weighted by Gasteiger charge is -2.27. The van der Waals surface area contributed by atoms with Crippen molar-refractivity contribution in [2.24, 2.45) is 0 Å². The van der Waals surface area contributed by atoms with Gasteiger partial charge in [0.15, 0.2) is 0 Å². The average molecular weight is 257 g/mol. The Morgan fingerprint density at radius 1 is 1.53 bits per heavy atom. The first-order valence-electron chi connectivity index (χ1n) is 5.38. The highest BCUT2D eigenvalue weighted by Crippen LogP contribution is 2.25. The van der Waals surface area contributed by atoms with Gasteiger partial charge in [0.2, 0.25) is 0 Å². The molecule has 0 saturated carbocycles. The van der Waals surface area contributed by atoms with Crippen molar-refractivity contribution in [3.05, 3.63) is 23.2 Å². The molecule has 0 bridgehead atoms. The van der Waals surface area contributed by atoms with Crippen LogP contribution in [0.25, 0.3) is 0 Å². The van der Waals surface area contributed by atoms with E-state index in [1.54, 1.807) is 0 Å². The molecule has 2 rings (SSSR count). The summed E-state index contributed by atoms with van der Waals surface area (Å²) >= 11 is 0. The number of carbonyl (C=O) groups is 1. The second-order valence-corrected chi connectivity index (χ2v) is 5.80. The van der Waals surface area contributed by atoms with Gasteiger partial charge in [-0.3, -0.25) is 14.3 Å². The van der Waals surface area contributed by atoms with Crippen LogP contribution in [0.3, 0.4) is 0 Å². The molecule has 2 N–H and O–H groups in total. The van der Waals surface area contributed by atoms with Crippen molar-refractivity contribution in [3.8, 4) is 0 Å². The molecule has 0 amide bonds. The van der Waals surface area contributed by atoms with E-state index in [2.05, 4.69) is 5.32 Å². The number of carboxylic acid groups (broad SMARTS) is 1. The summed E-state index contributed by atoms with van der Waals surface area (Å²) in [5.41, 5.74) is 0.904. The van der Waals surface area contributed by atoms with E-state index in [1.165, 1.54) is 0 Å². The molecular weight excluding hydrogens is 242 g/mol. The zero-order valence-corrected chi connectivity index (χ0v) is 10.5. The molecule has 1 saturated heterocycles.